The quantitative estimate of drug-likeness (QED) is 0.579. The standard InChI is InChI=1S/C22H32N4O5S/c1-22(2,3)15-30-21(27)10-16-7-8-20-19(9-16)26(13-17(31-20)12-24(4)5)32(28,29)18-11-23-25(6)14-18/h7-9,11,14,17H,10,12-13,15H2,1-6H3/t17-/m0/s1. The second-order valence-electron chi connectivity index (χ2n) is 9.59. The lowest BCUT2D eigenvalue weighted by Gasteiger charge is -2.36. The number of likely N-dealkylation sites (N-methyl/N-ethyl adjacent to an activating group) is 1. The van der Waals surface area contributed by atoms with Crippen molar-refractivity contribution in [2.24, 2.45) is 12.5 Å². The number of aryl methyl sites for hydroxylation is 1. The third-order valence-corrected chi connectivity index (χ3v) is 6.54. The lowest BCUT2D eigenvalue weighted by molar-refractivity contribution is -0.145. The molecule has 0 N–H and O–H groups in total. The van der Waals surface area contributed by atoms with Gasteiger partial charge in [-0.05, 0) is 37.2 Å². The molecule has 32 heavy (non-hydrogen) atoms. The van der Waals surface area contributed by atoms with Crippen LogP contribution in [0.25, 0.3) is 0 Å². The van der Waals surface area contributed by atoms with Crippen LogP contribution in [-0.4, -0.2) is 69.0 Å². The summed E-state index contributed by atoms with van der Waals surface area (Å²) in [5, 5.41) is 4.01. The fourth-order valence-electron chi connectivity index (χ4n) is 3.37. The minimum atomic E-state index is -3.86. The molecule has 2 aromatic rings. The molecule has 1 aromatic carbocycles. The van der Waals surface area contributed by atoms with Gasteiger partial charge in [0, 0.05) is 19.8 Å². The van der Waals surface area contributed by atoms with Gasteiger partial charge < -0.3 is 14.4 Å². The highest BCUT2D eigenvalue weighted by molar-refractivity contribution is 7.92. The van der Waals surface area contributed by atoms with Crippen molar-refractivity contribution in [2.75, 3.05) is 38.1 Å². The van der Waals surface area contributed by atoms with Gasteiger partial charge in [0.2, 0.25) is 0 Å². The summed E-state index contributed by atoms with van der Waals surface area (Å²) in [6, 6.07) is 5.17. The number of aromatic nitrogens is 2. The SMILES string of the molecule is CN(C)C[C@H]1CN(S(=O)(=O)c2cnn(C)c2)c2cc(CC(=O)OCC(C)(C)C)ccc2O1. The second kappa shape index (κ2) is 9.11. The van der Waals surface area contributed by atoms with Crippen LogP contribution >= 0.6 is 0 Å². The Labute approximate surface area is 190 Å². The van der Waals surface area contributed by atoms with Crippen molar-refractivity contribution >= 4 is 21.7 Å². The van der Waals surface area contributed by atoms with Crippen LogP contribution in [0.4, 0.5) is 5.69 Å². The third-order valence-electron chi connectivity index (χ3n) is 4.81. The van der Waals surface area contributed by atoms with Gasteiger partial charge >= 0.3 is 5.97 Å². The topological polar surface area (TPSA) is 94.0 Å². The lowest BCUT2D eigenvalue weighted by atomic mass is 9.99. The number of sulfonamides is 1. The Morgan fingerprint density at radius 2 is 2.03 bits per heavy atom. The van der Waals surface area contributed by atoms with Crippen molar-refractivity contribution in [1.29, 1.82) is 0 Å². The second-order valence-corrected chi connectivity index (χ2v) is 11.5. The first-order valence-electron chi connectivity index (χ1n) is 10.5. The van der Waals surface area contributed by atoms with Crippen molar-refractivity contribution in [3.05, 3.63) is 36.2 Å². The van der Waals surface area contributed by atoms with Crippen molar-refractivity contribution in [1.82, 2.24) is 14.7 Å². The van der Waals surface area contributed by atoms with E-state index in [4.69, 9.17) is 9.47 Å². The maximum absolute atomic E-state index is 13.5. The summed E-state index contributed by atoms with van der Waals surface area (Å²) in [5.41, 5.74) is 0.934. The number of rotatable bonds is 7. The molecule has 0 aliphatic carbocycles. The normalized spacial score (nSPS) is 16.6. The Morgan fingerprint density at radius 3 is 2.62 bits per heavy atom. The minimum absolute atomic E-state index is 0.0469. The Morgan fingerprint density at radius 1 is 1.31 bits per heavy atom. The number of hydrogen-bond donors (Lipinski definition) is 0. The molecule has 0 saturated carbocycles. The molecule has 0 bridgehead atoms. The number of anilines is 1. The summed E-state index contributed by atoms with van der Waals surface area (Å²) in [7, 11) is 1.62. The summed E-state index contributed by atoms with van der Waals surface area (Å²) in [6.45, 7) is 6.98. The molecule has 0 amide bonds. The summed E-state index contributed by atoms with van der Waals surface area (Å²) in [4.78, 5) is 14.4. The van der Waals surface area contributed by atoms with E-state index in [0.717, 1.165) is 0 Å². The molecular formula is C22H32N4O5S. The van der Waals surface area contributed by atoms with E-state index in [9.17, 15) is 13.2 Å². The van der Waals surface area contributed by atoms with Crippen LogP contribution in [0, 0.1) is 5.41 Å². The van der Waals surface area contributed by atoms with Gasteiger partial charge in [-0.25, -0.2) is 8.42 Å². The van der Waals surface area contributed by atoms with Crippen molar-refractivity contribution in [3.8, 4) is 5.75 Å². The average molecular weight is 465 g/mol. The number of carbonyl (C=O) groups excluding carboxylic acids is 1. The average Bonchev–Trinajstić information content (AvgIpc) is 3.12. The Kier molecular flexibility index (Phi) is 6.85. The van der Waals surface area contributed by atoms with Crippen LogP contribution in [0.2, 0.25) is 0 Å². The molecule has 1 aliphatic rings. The number of benzene rings is 1. The van der Waals surface area contributed by atoms with E-state index in [1.165, 1.54) is 21.4 Å². The molecular weight excluding hydrogens is 432 g/mol. The zero-order valence-corrected chi connectivity index (χ0v) is 20.3. The van der Waals surface area contributed by atoms with Crippen LogP contribution in [-0.2, 0) is 33.0 Å². The highest BCUT2D eigenvalue weighted by atomic mass is 32.2. The van der Waals surface area contributed by atoms with Gasteiger partial charge in [0.15, 0.2) is 0 Å². The molecule has 9 nitrogen and oxygen atoms in total. The monoisotopic (exact) mass is 464 g/mol. The zero-order valence-electron chi connectivity index (χ0n) is 19.5. The summed E-state index contributed by atoms with van der Waals surface area (Å²) in [5.74, 6) is 0.103. The minimum Gasteiger partial charge on any atom is -0.485 e. The van der Waals surface area contributed by atoms with Crippen molar-refractivity contribution in [3.63, 3.8) is 0 Å². The Bertz CT molecular complexity index is 1070. The molecule has 0 fully saturated rings. The summed E-state index contributed by atoms with van der Waals surface area (Å²) < 4.78 is 41.1. The van der Waals surface area contributed by atoms with Crippen LogP contribution in [0.15, 0.2) is 35.5 Å². The third kappa shape index (κ3) is 5.80. The number of nitrogens with zero attached hydrogens (tertiary/aromatic N) is 4. The molecule has 10 heteroatoms. The number of ether oxygens (including phenoxy) is 2. The number of esters is 1. The van der Waals surface area contributed by atoms with E-state index in [1.54, 1.807) is 25.2 Å². The number of carbonyl (C=O) groups is 1. The largest absolute Gasteiger partial charge is 0.485 e. The van der Waals surface area contributed by atoms with Crippen LogP contribution < -0.4 is 9.04 Å². The van der Waals surface area contributed by atoms with Gasteiger partial charge in [0.25, 0.3) is 10.0 Å². The maximum Gasteiger partial charge on any atom is 0.310 e. The first-order valence-corrected chi connectivity index (χ1v) is 11.9. The molecule has 0 unspecified atom stereocenters. The fraction of sp³-hybridized carbons (Fsp3) is 0.545. The fourth-order valence-corrected chi connectivity index (χ4v) is 4.86. The van der Waals surface area contributed by atoms with E-state index in [0.29, 0.717) is 30.2 Å². The molecule has 1 aliphatic heterocycles. The van der Waals surface area contributed by atoms with E-state index < -0.39 is 10.0 Å². The zero-order chi connectivity index (χ0) is 23.7. The van der Waals surface area contributed by atoms with Crippen LogP contribution in [0.5, 0.6) is 5.75 Å². The molecule has 1 atom stereocenters. The first kappa shape index (κ1) is 24.1. The Balaban J connectivity index is 1.92. The molecule has 1 aromatic heterocycles. The number of hydrogen-bond acceptors (Lipinski definition) is 7. The lowest BCUT2D eigenvalue weighted by Crippen LogP contribution is -2.47. The van der Waals surface area contributed by atoms with Gasteiger partial charge in [-0.3, -0.25) is 13.8 Å². The van der Waals surface area contributed by atoms with E-state index in [-0.39, 0.29) is 35.3 Å². The predicted octanol–water partition coefficient (Wildman–Crippen LogP) is 2.07. The molecule has 0 saturated heterocycles. The van der Waals surface area contributed by atoms with Gasteiger partial charge in [-0.1, -0.05) is 26.8 Å². The predicted molar refractivity (Wildman–Crippen MR) is 121 cm³/mol. The van der Waals surface area contributed by atoms with E-state index >= 15 is 0 Å². The van der Waals surface area contributed by atoms with Gasteiger partial charge in [0.1, 0.15) is 16.7 Å². The van der Waals surface area contributed by atoms with Crippen molar-refractivity contribution < 1.29 is 22.7 Å². The first-order chi connectivity index (χ1) is 14.8. The van der Waals surface area contributed by atoms with E-state index in [2.05, 4.69) is 5.10 Å². The highest BCUT2D eigenvalue weighted by Gasteiger charge is 2.35. The molecule has 176 valence electrons. The molecule has 0 spiro atoms. The summed E-state index contributed by atoms with van der Waals surface area (Å²) in [6.07, 6.45) is 2.51. The molecule has 3 rings (SSSR count). The Hall–Kier alpha value is -2.59. The van der Waals surface area contributed by atoms with Gasteiger partial charge in [-0.2, -0.15) is 5.10 Å². The molecule has 0 radical (unpaired) electrons. The summed E-state index contributed by atoms with van der Waals surface area (Å²) >= 11 is 0. The van der Waals surface area contributed by atoms with Crippen molar-refractivity contribution in [2.45, 2.75) is 38.2 Å². The van der Waals surface area contributed by atoms with Crippen LogP contribution in [0.1, 0.15) is 26.3 Å². The number of fused-ring (bicyclic) bond motifs is 1. The van der Waals surface area contributed by atoms with Gasteiger partial charge in [-0.15, -0.1) is 0 Å². The van der Waals surface area contributed by atoms with Crippen LogP contribution in [0.3, 0.4) is 0 Å². The maximum atomic E-state index is 13.5. The molecule has 2 heterocycles. The van der Waals surface area contributed by atoms with Gasteiger partial charge in [0.05, 0.1) is 31.5 Å². The highest BCUT2D eigenvalue weighted by Crippen LogP contribution is 2.38. The smallest absolute Gasteiger partial charge is 0.310 e. The van der Waals surface area contributed by atoms with E-state index in [1.807, 2.05) is 39.8 Å².